The van der Waals surface area contributed by atoms with Crippen molar-refractivity contribution in [2.24, 2.45) is 0 Å². The van der Waals surface area contributed by atoms with E-state index < -0.39 is 0 Å². The minimum Gasteiger partial charge on any atom is -0.309 e. The molecule has 0 saturated carbocycles. The molecule has 0 aliphatic rings. The Bertz CT molecular complexity index is 1550. The van der Waals surface area contributed by atoms with Crippen LogP contribution < -0.4 is 0 Å². The van der Waals surface area contributed by atoms with Crippen molar-refractivity contribution in [1.82, 2.24) is 4.57 Å². The summed E-state index contributed by atoms with van der Waals surface area (Å²) >= 11 is 1.88. The van der Waals surface area contributed by atoms with Gasteiger partial charge >= 0.3 is 0 Å². The minimum atomic E-state index is 1.20. The van der Waals surface area contributed by atoms with Gasteiger partial charge in [0, 0.05) is 36.6 Å². The first kappa shape index (κ1) is 16.6. The van der Waals surface area contributed by atoms with Gasteiger partial charge in [-0.15, -0.1) is 11.3 Å². The third kappa shape index (κ3) is 2.39. The van der Waals surface area contributed by atoms with Gasteiger partial charge in [0.05, 0.1) is 11.0 Å². The zero-order valence-electron chi connectivity index (χ0n) is 16.1. The fraction of sp³-hybridized carbons (Fsp3) is 0.0370. The predicted molar refractivity (Wildman–Crippen MR) is 128 cm³/mol. The molecule has 0 saturated heterocycles. The van der Waals surface area contributed by atoms with Crippen LogP contribution >= 0.6 is 11.3 Å². The molecule has 0 N–H and O–H groups in total. The van der Waals surface area contributed by atoms with Crippen LogP contribution in [0.4, 0.5) is 0 Å². The van der Waals surface area contributed by atoms with E-state index in [-0.39, 0.29) is 0 Å². The lowest BCUT2D eigenvalue weighted by molar-refractivity contribution is 1.19. The van der Waals surface area contributed by atoms with E-state index in [1.54, 1.807) is 0 Å². The number of allylic oxidation sites excluding steroid dienone is 1. The van der Waals surface area contributed by atoms with E-state index in [9.17, 15) is 0 Å². The highest BCUT2D eigenvalue weighted by atomic mass is 32.1. The molecular weight excluding hydrogens is 370 g/mol. The van der Waals surface area contributed by atoms with Gasteiger partial charge in [-0.3, -0.25) is 0 Å². The first-order valence-corrected chi connectivity index (χ1v) is 10.7. The van der Waals surface area contributed by atoms with Crippen molar-refractivity contribution in [3.05, 3.63) is 96.6 Å². The second-order valence-corrected chi connectivity index (χ2v) is 8.46. The van der Waals surface area contributed by atoms with E-state index in [2.05, 4.69) is 109 Å². The van der Waals surface area contributed by atoms with Gasteiger partial charge < -0.3 is 4.57 Å². The van der Waals surface area contributed by atoms with E-state index in [1.165, 1.54) is 53.2 Å². The summed E-state index contributed by atoms with van der Waals surface area (Å²) < 4.78 is 5.12. The van der Waals surface area contributed by atoms with Crippen LogP contribution in [0.25, 0.3) is 53.7 Å². The Kier molecular flexibility index (Phi) is 3.62. The van der Waals surface area contributed by atoms with E-state index in [1.807, 2.05) is 11.3 Å². The molecule has 138 valence electrons. The molecule has 0 aliphatic heterocycles. The molecule has 1 nitrogen and oxygen atoms in total. The topological polar surface area (TPSA) is 4.93 Å². The molecule has 0 fully saturated rings. The normalized spacial score (nSPS) is 12.2. The molecule has 0 atom stereocenters. The summed E-state index contributed by atoms with van der Waals surface area (Å²) in [5.74, 6) is 0. The first-order chi connectivity index (χ1) is 14.3. The molecule has 0 aliphatic carbocycles. The Morgan fingerprint density at radius 3 is 2.41 bits per heavy atom. The number of thiophene rings is 1. The van der Waals surface area contributed by atoms with Crippen LogP contribution in [0.15, 0.2) is 91.0 Å². The van der Waals surface area contributed by atoms with Crippen molar-refractivity contribution >= 4 is 59.4 Å². The van der Waals surface area contributed by atoms with Crippen LogP contribution in [0.2, 0.25) is 0 Å². The molecule has 6 aromatic rings. The highest BCUT2D eigenvalue weighted by molar-refractivity contribution is 7.26. The molecule has 0 amide bonds. The van der Waals surface area contributed by atoms with Crippen LogP contribution in [0.1, 0.15) is 12.5 Å². The lowest BCUT2D eigenvalue weighted by Gasteiger charge is -2.09. The van der Waals surface area contributed by atoms with Crippen LogP contribution in [0.5, 0.6) is 0 Å². The lowest BCUT2D eigenvalue weighted by atomic mass is 10.1. The van der Waals surface area contributed by atoms with Crippen molar-refractivity contribution < 1.29 is 0 Å². The molecule has 2 heteroatoms. The van der Waals surface area contributed by atoms with Gasteiger partial charge in [-0.25, -0.2) is 0 Å². The molecule has 6 rings (SSSR count). The van der Waals surface area contributed by atoms with Crippen molar-refractivity contribution in [1.29, 1.82) is 0 Å². The summed E-state index contributed by atoms with van der Waals surface area (Å²) in [5.41, 5.74) is 5.00. The summed E-state index contributed by atoms with van der Waals surface area (Å²) in [7, 11) is 0. The maximum absolute atomic E-state index is 2.44. The van der Waals surface area contributed by atoms with Gasteiger partial charge in [-0.2, -0.15) is 0 Å². The zero-order valence-corrected chi connectivity index (χ0v) is 16.9. The lowest BCUT2D eigenvalue weighted by Crippen LogP contribution is -1.93. The number of rotatable bonds is 2. The maximum Gasteiger partial charge on any atom is 0.0634 e. The Hall–Kier alpha value is -3.36. The molecule has 0 spiro atoms. The quantitative estimate of drug-likeness (QED) is 0.281. The summed E-state index contributed by atoms with van der Waals surface area (Å²) in [4.78, 5) is 0. The smallest absolute Gasteiger partial charge is 0.0634 e. The highest BCUT2D eigenvalue weighted by Gasteiger charge is 2.17. The molecule has 29 heavy (non-hydrogen) atoms. The maximum atomic E-state index is 2.44. The summed E-state index contributed by atoms with van der Waals surface area (Å²) in [5, 5.41) is 5.31. The van der Waals surface area contributed by atoms with E-state index in [4.69, 9.17) is 0 Å². The number of benzene rings is 4. The minimum absolute atomic E-state index is 1.20. The largest absolute Gasteiger partial charge is 0.309 e. The van der Waals surface area contributed by atoms with Crippen molar-refractivity contribution in [3.8, 4) is 5.69 Å². The van der Waals surface area contributed by atoms with Crippen LogP contribution in [0.3, 0.4) is 0 Å². The predicted octanol–water partition coefficient (Wildman–Crippen LogP) is 8.18. The highest BCUT2D eigenvalue weighted by Crippen LogP contribution is 2.43. The number of hydrogen-bond acceptors (Lipinski definition) is 1. The van der Waals surface area contributed by atoms with E-state index in [0.29, 0.717) is 0 Å². The number of hydrogen-bond donors (Lipinski definition) is 0. The Balaban J connectivity index is 1.89. The average molecular weight is 390 g/mol. The van der Waals surface area contributed by atoms with Gasteiger partial charge in [0.2, 0.25) is 0 Å². The summed E-state index contributed by atoms with van der Waals surface area (Å²) in [6.07, 6.45) is 4.27. The Morgan fingerprint density at radius 2 is 1.55 bits per heavy atom. The molecular formula is C27H19NS. The molecule has 4 aromatic carbocycles. The number of nitrogens with zero attached hydrogens (tertiary/aromatic N) is 1. The van der Waals surface area contributed by atoms with Gasteiger partial charge in [-0.1, -0.05) is 60.7 Å². The Labute approximate surface area is 173 Å². The fourth-order valence-electron chi connectivity index (χ4n) is 4.47. The van der Waals surface area contributed by atoms with Crippen molar-refractivity contribution in [2.45, 2.75) is 6.92 Å². The van der Waals surface area contributed by atoms with Gasteiger partial charge in [0.25, 0.3) is 0 Å². The molecule has 2 aromatic heterocycles. The van der Waals surface area contributed by atoms with Gasteiger partial charge in [0.15, 0.2) is 0 Å². The van der Waals surface area contributed by atoms with Gasteiger partial charge in [-0.05, 0) is 48.9 Å². The zero-order chi connectivity index (χ0) is 19.4. The van der Waals surface area contributed by atoms with Gasteiger partial charge in [0.1, 0.15) is 0 Å². The summed E-state index contributed by atoms with van der Waals surface area (Å²) in [6, 6.07) is 30.9. The summed E-state index contributed by atoms with van der Waals surface area (Å²) in [6.45, 7) is 2.07. The monoisotopic (exact) mass is 389 g/mol. The molecule has 0 bridgehead atoms. The third-order valence-corrected chi connectivity index (χ3v) is 6.80. The van der Waals surface area contributed by atoms with E-state index in [0.717, 1.165) is 0 Å². The molecule has 2 heterocycles. The standard InChI is InChI=1S/C27H19NS/c1-2-8-18-13-15-23-22(17-18)20-14-16-25-26(21-11-6-7-12-24(21)29-25)27(20)28(23)19-9-4-3-5-10-19/h2-17H,1H3/b8-2+. The number of aromatic nitrogens is 1. The third-order valence-electron chi connectivity index (χ3n) is 5.66. The average Bonchev–Trinajstić information content (AvgIpc) is 3.30. The Morgan fingerprint density at radius 1 is 0.724 bits per heavy atom. The second-order valence-electron chi connectivity index (χ2n) is 7.38. The molecule has 0 unspecified atom stereocenters. The first-order valence-electron chi connectivity index (χ1n) is 9.92. The second kappa shape index (κ2) is 6.33. The number of fused-ring (bicyclic) bond motifs is 7. The molecule has 0 radical (unpaired) electrons. The van der Waals surface area contributed by atoms with Crippen molar-refractivity contribution in [2.75, 3.05) is 0 Å². The van der Waals surface area contributed by atoms with Crippen LogP contribution in [-0.2, 0) is 0 Å². The number of para-hydroxylation sites is 1. The van der Waals surface area contributed by atoms with E-state index >= 15 is 0 Å². The van der Waals surface area contributed by atoms with Crippen LogP contribution in [-0.4, -0.2) is 4.57 Å². The fourth-order valence-corrected chi connectivity index (χ4v) is 5.58. The SMILES string of the molecule is C/C=C/c1ccc2c(c1)c1ccc3sc4ccccc4c3c1n2-c1ccccc1. The van der Waals surface area contributed by atoms with Crippen molar-refractivity contribution in [3.63, 3.8) is 0 Å². The van der Waals surface area contributed by atoms with Crippen LogP contribution in [0, 0.1) is 0 Å².